The van der Waals surface area contributed by atoms with E-state index in [2.05, 4.69) is 27.7 Å². The zero-order chi connectivity index (χ0) is 14.4. The van der Waals surface area contributed by atoms with Gasteiger partial charge in [0, 0.05) is 16.7 Å². The number of carbonyl (C=O) groups is 1. The van der Waals surface area contributed by atoms with Gasteiger partial charge in [-0.3, -0.25) is 4.79 Å². The molecule has 1 aromatic rings. The van der Waals surface area contributed by atoms with Gasteiger partial charge in [-0.1, -0.05) is 52.0 Å². The molecule has 0 amide bonds. The van der Waals surface area contributed by atoms with Gasteiger partial charge in [-0.2, -0.15) is 0 Å². The smallest absolute Gasteiger partial charge is 0.150 e. The molecule has 0 unspecified atom stereocenters. The van der Waals surface area contributed by atoms with E-state index in [1.165, 1.54) is 0 Å². The van der Waals surface area contributed by atoms with E-state index in [0.29, 0.717) is 28.5 Å². The van der Waals surface area contributed by atoms with Crippen molar-refractivity contribution in [1.82, 2.24) is 0 Å². The Hall–Kier alpha value is -1.83. The summed E-state index contributed by atoms with van der Waals surface area (Å²) >= 11 is 0. The Bertz CT molecular complexity index is 455. The minimum Gasteiger partial charge on any atom is -0.507 e. The normalized spacial score (nSPS) is 12.1. The van der Waals surface area contributed by atoms with E-state index in [1.807, 2.05) is 24.3 Å². The average molecular weight is 258 g/mol. The zero-order valence-corrected chi connectivity index (χ0v) is 12.1. The number of benzene rings is 1. The molecule has 2 nitrogen and oxygen atoms in total. The summed E-state index contributed by atoms with van der Waals surface area (Å²) in [7, 11) is 0. The third kappa shape index (κ3) is 4.74. The van der Waals surface area contributed by atoms with Gasteiger partial charge in [-0.25, -0.2) is 0 Å². The van der Waals surface area contributed by atoms with Crippen LogP contribution in [0, 0.1) is 11.8 Å². The van der Waals surface area contributed by atoms with Crippen molar-refractivity contribution in [3.05, 3.63) is 41.0 Å². The molecule has 0 saturated carbocycles. The molecule has 19 heavy (non-hydrogen) atoms. The molecular weight excluding hydrogens is 236 g/mol. The number of allylic oxidation sites excluding steroid dienone is 2. The highest BCUT2D eigenvalue weighted by atomic mass is 16.3. The number of hydrogen-bond acceptors (Lipinski definition) is 2. The highest BCUT2D eigenvalue weighted by Gasteiger charge is 2.06. The van der Waals surface area contributed by atoms with E-state index in [4.69, 9.17) is 0 Å². The molecular formula is C17H22O2. The van der Waals surface area contributed by atoms with Crippen LogP contribution >= 0.6 is 0 Å². The van der Waals surface area contributed by atoms with E-state index < -0.39 is 0 Å². The van der Waals surface area contributed by atoms with Crippen molar-refractivity contribution < 1.29 is 9.90 Å². The summed E-state index contributed by atoms with van der Waals surface area (Å²) in [6, 6.07) is 3.40. The fourth-order valence-corrected chi connectivity index (χ4v) is 1.62. The fourth-order valence-electron chi connectivity index (χ4n) is 1.62. The minimum atomic E-state index is 0.222. The molecule has 1 N–H and O–H groups in total. The topological polar surface area (TPSA) is 37.3 Å². The maximum atomic E-state index is 11.0. The van der Waals surface area contributed by atoms with Crippen LogP contribution in [-0.2, 0) is 0 Å². The Kier molecular flexibility index (Phi) is 5.56. The molecule has 0 aliphatic rings. The first-order valence-electron chi connectivity index (χ1n) is 6.62. The highest BCUT2D eigenvalue weighted by Crippen LogP contribution is 2.27. The van der Waals surface area contributed by atoms with Crippen molar-refractivity contribution >= 4 is 18.4 Å². The molecule has 0 aromatic heterocycles. The monoisotopic (exact) mass is 258 g/mol. The number of rotatable bonds is 5. The molecule has 0 atom stereocenters. The van der Waals surface area contributed by atoms with Crippen LogP contribution in [0.1, 0.15) is 49.2 Å². The van der Waals surface area contributed by atoms with Crippen LogP contribution in [0.25, 0.3) is 12.2 Å². The van der Waals surface area contributed by atoms with Gasteiger partial charge in [0.1, 0.15) is 12.0 Å². The molecule has 0 heterocycles. The summed E-state index contributed by atoms with van der Waals surface area (Å²) in [6.45, 7) is 8.26. The first-order valence-corrected chi connectivity index (χ1v) is 6.62. The first kappa shape index (κ1) is 15.2. The number of carbonyl (C=O) groups excluding carboxylic acids is 1. The van der Waals surface area contributed by atoms with Crippen LogP contribution in [0.2, 0.25) is 0 Å². The Morgan fingerprint density at radius 1 is 0.947 bits per heavy atom. The Balaban J connectivity index is 3.24. The molecule has 2 heteroatoms. The second-order valence-corrected chi connectivity index (χ2v) is 5.37. The molecule has 0 radical (unpaired) electrons. The van der Waals surface area contributed by atoms with Gasteiger partial charge in [0.15, 0.2) is 0 Å². The van der Waals surface area contributed by atoms with Crippen LogP contribution in [0.4, 0.5) is 0 Å². The Labute approximate surface area is 115 Å². The second kappa shape index (κ2) is 6.93. The summed E-state index contributed by atoms with van der Waals surface area (Å²) < 4.78 is 0. The lowest BCUT2D eigenvalue weighted by atomic mass is 10.0. The Morgan fingerprint density at radius 3 is 1.68 bits per heavy atom. The van der Waals surface area contributed by atoms with Crippen LogP contribution < -0.4 is 0 Å². The van der Waals surface area contributed by atoms with Gasteiger partial charge in [-0.05, 0) is 24.0 Å². The summed E-state index contributed by atoms with van der Waals surface area (Å²) in [5.74, 6) is 1.02. The molecule has 1 rings (SSSR count). The number of aromatic hydroxyl groups is 1. The first-order chi connectivity index (χ1) is 8.93. The quantitative estimate of drug-likeness (QED) is 0.787. The number of aldehydes is 1. The third-order valence-corrected chi connectivity index (χ3v) is 2.65. The predicted molar refractivity (Wildman–Crippen MR) is 81.2 cm³/mol. The van der Waals surface area contributed by atoms with Crippen molar-refractivity contribution in [2.75, 3.05) is 0 Å². The maximum absolute atomic E-state index is 11.0. The molecule has 0 saturated heterocycles. The lowest BCUT2D eigenvalue weighted by Crippen LogP contribution is -1.88. The van der Waals surface area contributed by atoms with Crippen molar-refractivity contribution in [1.29, 1.82) is 0 Å². The highest BCUT2D eigenvalue weighted by molar-refractivity contribution is 5.81. The Morgan fingerprint density at radius 2 is 1.37 bits per heavy atom. The van der Waals surface area contributed by atoms with Crippen LogP contribution in [0.5, 0.6) is 5.75 Å². The summed E-state index contributed by atoms with van der Waals surface area (Å²) in [6.07, 6.45) is 8.53. The van der Waals surface area contributed by atoms with E-state index in [-0.39, 0.29) is 5.75 Å². The zero-order valence-electron chi connectivity index (χ0n) is 12.1. The van der Waals surface area contributed by atoms with Gasteiger partial charge >= 0.3 is 0 Å². The molecule has 0 spiro atoms. The maximum Gasteiger partial charge on any atom is 0.150 e. The van der Waals surface area contributed by atoms with Crippen molar-refractivity contribution in [3.63, 3.8) is 0 Å². The summed E-state index contributed by atoms with van der Waals surface area (Å²) in [5.41, 5.74) is 1.94. The van der Waals surface area contributed by atoms with Gasteiger partial charge < -0.3 is 5.11 Å². The standard InChI is InChI=1S/C17H22O2/c1-12(2)5-7-15-9-14(11-18)10-16(17(15)19)8-6-13(3)4/h5-13,19H,1-4H3/b7-5+,8-6+. The van der Waals surface area contributed by atoms with Crippen molar-refractivity contribution in [2.45, 2.75) is 27.7 Å². The minimum absolute atomic E-state index is 0.222. The van der Waals surface area contributed by atoms with E-state index in [1.54, 1.807) is 12.1 Å². The van der Waals surface area contributed by atoms with Crippen LogP contribution in [-0.4, -0.2) is 11.4 Å². The van der Waals surface area contributed by atoms with E-state index in [0.717, 1.165) is 6.29 Å². The van der Waals surface area contributed by atoms with Crippen molar-refractivity contribution in [3.8, 4) is 5.75 Å². The van der Waals surface area contributed by atoms with Gasteiger partial charge in [0.2, 0.25) is 0 Å². The van der Waals surface area contributed by atoms with Gasteiger partial charge in [-0.15, -0.1) is 0 Å². The molecule has 102 valence electrons. The molecule has 1 aromatic carbocycles. The number of hydrogen-bond donors (Lipinski definition) is 1. The largest absolute Gasteiger partial charge is 0.507 e. The van der Waals surface area contributed by atoms with E-state index >= 15 is 0 Å². The second-order valence-electron chi connectivity index (χ2n) is 5.37. The summed E-state index contributed by atoms with van der Waals surface area (Å²) in [5, 5.41) is 10.2. The van der Waals surface area contributed by atoms with Gasteiger partial charge in [0.25, 0.3) is 0 Å². The fraction of sp³-hybridized carbons (Fsp3) is 0.353. The van der Waals surface area contributed by atoms with E-state index in [9.17, 15) is 9.90 Å². The number of phenolic OH excluding ortho intramolecular Hbond substituents is 1. The molecule has 0 fully saturated rings. The van der Waals surface area contributed by atoms with Crippen LogP contribution in [0.15, 0.2) is 24.3 Å². The molecule has 0 aliphatic carbocycles. The predicted octanol–water partition coefficient (Wildman–Crippen LogP) is 4.54. The van der Waals surface area contributed by atoms with Gasteiger partial charge in [0.05, 0.1) is 0 Å². The van der Waals surface area contributed by atoms with Crippen molar-refractivity contribution in [2.24, 2.45) is 11.8 Å². The average Bonchev–Trinajstić information content (AvgIpc) is 2.35. The third-order valence-electron chi connectivity index (χ3n) is 2.65. The number of phenols is 1. The summed E-state index contributed by atoms with van der Waals surface area (Å²) in [4.78, 5) is 11.0. The molecule has 0 bridgehead atoms. The lowest BCUT2D eigenvalue weighted by molar-refractivity contribution is 0.112. The lowest BCUT2D eigenvalue weighted by Gasteiger charge is -2.06. The molecule has 0 aliphatic heterocycles. The SMILES string of the molecule is CC(C)/C=C/c1cc(C=O)cc(/C=C/C(C)C)c1O. The van der Waals surface area contributed by atoms with Crippen LogP contribution in [0.3, 0.4) is 0 Å².